The Morgan fingerprint density at radius 2 is 1.12 bits per heavy atom. The van der Waals surface area contributed by atoms with Crippen LogP contribution >= 0.6 is 0 Å². The van der Waals surface area contributed by atoms with Crippen LogP contribution in [0.2, 0.25) is 0 Å². The second kappa shape index (κ2) is 19.0. The summed E-state index contributed by atoms with van der Waals surface area (Å²) in [4.78, 5) is 10.9. The molecular formula is C22H39NO2. The molecule has 0 aliphatic heterocycles. The molecule has 0 spiro atoms. The van der Waals surface area contributed by atoms with Crippen LogP contribution in [0.5, 0.6) is 0 Å². The second-order valence-electron chi connectivity index (χ2n) is 7.16. The third-order valence-electron chi connectivity index (χ3n) is 4.81. The quantitative estimate of drug-likeness (QED) is 0.162. The Morgan fingerprint density at radius 1 is 0.760 bits per heavy atom. The van der Waals surface area contributed by atoms with Crippen molar-refractivity contribution in [2.45, 2.75) is 116 Å². The Kier molecular flexibility index (Phi) is 18.0. The highest BCUT2D eigenvalue weighted by atomic mass is 16.4. The first-order valence-corrected chi connectivity index (χ1v) is 10.5. The standard InChI is InChI=1S/C22H39NO2/c1-2-3-4-5-6-7-8-9-10-11-12-13-14-15-16-17-18-21(19-20-23)22(24)25/h19H,2-18H2,1H3,(H,24,25). The fraction of sp³-hybridized carbons (Fsp3) is 0.818. The van der Waals surface area contributed by atoms with Gasteiger partial charge in [0.05, 0.1) is 6.07 Å². The van der Waals surface area contributed by atoms with Crippen molar-refractivity contribution in [3.05, 3.63) is 11.6 Å². The van der Waals surface area contributed by atoms with Crippen LogP contribution < -0.4 is 0 Å². The molecule has 0 bridgehead atoms. The average Bonchev–Trinajstić information content (AvgIpc) is 2.60. The number of hydrogen-bond donors (Lipinski definition) is 1. The molecule has 144 valence electrons. The highest BCUT2D eigenvalue weighted by Crippen LogP contribution is 2.15. The molecule has 0 amide bonds. The maximum atomic E-state index is 10.9. The van der Waals surface area contributed by atoms with E-state index < -0.39 is 5.97 Å². The molecule has 0 aromatic rings. The van der Waals surface area contributed by atoms with Gasteiger partial charge in [-0.1, -0.05) is 103 Å². The zero-order chi connectivity index (χ0) is 18.6. The lowest BCUT2D eigenvalue weighted by atomic mass is 10.0. The first-order chi connectivity index (χ1) is 12.2. The minimum Gasteiger partial charge on any atom is -0.478 e. The van der Waals surface area contributed by atoms with Gasteiger partial charge in [-0.05, 0) is 12.8 Å². The zero-order valence-electron chi connectivity index (χ0n) is 16.4. The van der Waals surface area contributed by atoms with E-state index in [0.29, 0.717) is 6.42 Å². The molecule has 0 heterocycles. The van der Waals surface area contributed by atoms with Gasteiger partial charge in [0.15, 0.2) is 0 Å². The molecule has 3 nitrogen and oxygen atoms in total. The molecule has 0 saturated heterocycles. The highest BCUT2D eigenvalue weighted by molar-refractivity contribution is 5.87. The number of nitriles is 1. The summed E-state index contributed by atoms with van der Waals surface area (Å²) in [5, 5.41) is 17.4. The van der Waals surface area contributed by atoms with E-state index in [1.165, 1.54) is 89.9 Å². The molecule has 0 unspecified atom stereocenters. The Balaban J connectivity index is 3.23. The number of carboxylic acids is 1. The van der Waals surface area contributed by atoms with Crippen molar-refractivity contribution in [1.82, 2.24) is 0 Å². The smallest absolute Gasteiger partial charge is 0.332 e. The van der Waals surface area contributed by atoms with Crippen LogP contribution in [0.1, 0.15) is 116 Å². The number of carbonyl (C=O) groups is 1. The molecule has 0 radical (unpaired) electrons. The SMILES string of the molecule is CCCCCCCCCCCCCCCCCCC(=CC#N)C(=O)O. The third kappa shape index (κ3) is 17.3. The van der Waals surface area contributed by atoms with Crippen LogP contribution in [0.15, 0.2) is 11.6 Å². The molecule has 1 N–H and O–H groups in total. The zero-order valence-corrected chi connectivity index (χ0v) is 16.4. The van der Waals surface area contributed by atoms with E-state index in [1.807, 2.05) is 6.07 Å². The lowest BCUT2D eigenvalue weighted by Gasteiger charge is -2.04. The van der Waals surface area contributed by atoms with E-state index in [0.717, 1.165) is 18.9 Å². The van der Waals surface area contributed by atoms with Crippen molar-refractivity contribution in [2.75, 3.05) is 0 Å². The summed E-state index contributed by atoms with van der Waals surface area (Å²) in [5.74, 6) is -0.956. The van der Waals surface area contributed by atoms with Gasteiger partial charge in [-0.25, -0.2) is 4.79 Å². The van der Waals surface area contributed by atoms with Gasteiger partial charge < -0.3 is 5.11 Å². The topological polar surface area (TPSA) is 61.1 Å². The molecule has 0 aromatic heterocycles. The molecule has 0 saturated carbocycles. The van der Waals surface area contributed by atoms with Crippen molar-refractivity contribution in [2.24, 2.45) is 0 Å². The fourth-order valence-electron chi connectivity index (χ4n) is 3.18. The van der Waals surface area contributed by atoms with Gasteiger partial charge in [-0.3, -0.25) is 0 Å². The maximum absolute atomic E-state index is 10.9. The Labute approximate surface area is 155 Å². The molecule has 0 aliphatic rings. The first-order valence-electron chi connectivity index (χ1n) is 10.5. The molecule has 0 aromatic carbocycles. The monoisotopic (exact) mass is 349 g/mol. The lowest BCUT2D eigenvalue weighted by Crippen LogP contribution is -2.00. The Morgan fingerprint density at radius 3 is 1.44 bits per heavy atom. The van der Waals surface area contributed by atoms with Gasteiger partial charge in [0.1, 0.15) is 0 Å². The maximum Gasteiger partial charge on any atom is 0.332 e. The number of carboxylic acid groups (broad SMARTS) is 1. The van der Waals surface area contributed by atoms with E-state index in [-0.39, 0.29) is 5.57 Å². The molecule has 0 rings (SSSR count). The van der Waals surface area contributed by atoms with Crippen LogP contribution in [0.25, 0.3) is 0 Å². The lowest BCUT2D eigenvalue weighted by molar-refractivity contribution is -0.132. The summed E-state index contributed by atoms with van der Waals surface area (Å²) in [6.07, 6.45) is 22.7. The molecule has 25 heavy (non-hydrogen) atoms. The molecule has 0 fully saturated rings. The van der Waals surface area contributed by atoms with Gasteiger partial charge in [0.25, 0.3) is 0 Å². The van der Waals surface area contributed by atoms with Gasteiger partial charge in [-0.2, -0.15) is 5.26 Å². The first kappa shape index (κ1) is 23.7. The predicted octanol–water partition coefficient (Wildman–Crippen LogP) is 7.17. The highest BCUT2D eigenvalue weighted by Gasteiger charge is 2.05. The van der Waals surface area contributed by atoms with Gasteiger partial charge in [0, 0.05) is 11.6 Å². The fourth-order valence-corrected chi connectivity index (χ4v) is 3.18. The van der Waals surface area contributed by atoms with E-state index >= 15 is 0 Å². The van der Waals surface area contributed by atoms with Crippen LogP contribution in [-0.4, -0.2) is 11.1 Å². The van der Waals surface area contributed by atoms with Gasteiger partial charge in [-0.15, -0.1) is 0 Å². The van der Waals surface area contributed by atoms with Crippen LogP contribution in [-0.2, 0) is 4.79 Å². The van der Waals surface area contributed by atoms with Crippen LogP contribution in [0, 0.1) is 11.3 Å². The van der Waals surface area contributed by atoms with E-state index in [2.05, 4.69) is 6.92 Å². The van der Waals surface area contributed by atoms with Gasteiger partial charge in [0.2, 0.25) is 0 Å². The summed E-state index contributed by atoms with van der Waals surface area (Å²) >= 11 is 0. The van der Waals surface area contributed by atoms with Crippen LogP contribution in [0.3, 0.4) is 0 Å². The van der Waals surface area contributed by atoms with Crippen molar-refractivity contribution in [1.29, 1.82) is 5.26 Å². The number of allylic oxidation sites excluding steroid dienone is 1. The normalized spacial score (nSPS) is 11.4. The van der Waals surface area contributed by atoms with E-state index in [9.17, 15) is 4.79 Å². The minimum atomic E-state index is -0.956. The Bertz CT molecular complexity index is 382. The largest absolute Gasteiger partial charge is 0.478 e. The summed E-state index contributed by atoms with van der Waals surface area (Å²) in [7, 11) is 0. The summed E-state index contributed by atoms with van der Waals surface area (Å²) in [6.45, 7) is 2.27. The summed E-state index contributed by atoms with van der Waals surface area (Å²) < 4.78 is 0. The van der Waals surface area contributed by atoms with Crippen molar-refractivity contribution < 1.29 is 9.90 Å². The van der Waals surface area contributed by atoms with Crippen molar-refractivity contribution in [3.8, 4) is 6.07 Å². The molecular weight excluding hydrogens is 310 g/mol. The molecule has 3 heteroatoms. The number of unbranched alkanes of at least 4 members (excludes halogenated alkanes) is 15. The van der Waals surface area contributed by atoms with Gasteiger partial charge >= 0.3 is 5.97 Å². The number of aliphatic carboxylic acids is 1. The molecule has 0 aliphatic carbocycles. The van der Waals surface area contributed by atoms with Crippen molar-refractivity contribution in [3.63, 3.8) is 0 Å². The second-order valence-corrected chi connectivity index (χ2v) is 7.16. The number of rotatable bonds is 18. The van der Waals surface area contributed by atoms with Crippen molar-refractivity contribution >= 4 is 5.97 Å². The number of hydrogen-bond acceptors (Lipinski definition) is 2. The summed E-state index contributed by atoms with van der Waals surface area (Å²) in [5.41, 5.74) is 0.243. The van der Waals surface area contributed by atoms with E-state index in [1.54, 1.807) is 0 Å². The molecule has 0 atom stereocenters. The third-order valence-corrected chi connectivity index (χ3v) is 4.81. The summed E-state index contributed by atoms with van der Waals surface area (Å²) in [6, 6.07) is 1.81. The van der Waals surface area contributed by atoms with Crippen LogP contribution in [0.4, 0.5) is 0 Å². The van der Waals surface area contributed by atoms with E-state index in [4.69, 9.17) is 10.4 Å². The predicted molar refractivity (Wildman–Crippen MR) is 105 cm³/mol. The number of nitrogens with zero attached hydrogens (tertiary/aromatic N) is 1. The minimum absolute atomic E-state index is 0.243. The average molecular weight is 350 g/mol. The Hall–Kier alpha value is -1.30.